The lowest BCUT2D eigenvalue weighted by Gasteiger charge is -2.06. The first-order valence-corrected chi connectivity index (χ1v) is 7.60. The molecule has 0 saturated heterocycles. The van der Waals surface area contributed by atoms with Crippen LogP contribution >= 0.6 is 24.0 Å². The lowest BCUT2D eigenvalue weighted by atomic mass is 10.1. The molecule has 1 aliphatic rings. The number of hydrogen-bond acceptors (Lipinski definition) is 1. The summed E-state index contributed by atoms with van der Waals surface area (Å²) in [5.74, 6) is 0.573. The number of aryl methyl sites for hydroxylation is 1. The first-order valence-electron chi connectivity index (χ1n) is 7.60. The summed E-state index contributed by atoms with van der Waals surface area (Å²) in [5, 5.41) is 3.11. The highest BCUT2D eigenvalue weighted by molar-refractivity contribution is 14.0. The molecule has 0 aliphatic heterocycles. The number of guanidine groups is 1. The van der Waals surface area contributed by atoms with E-state index in [1.54, 1.807) is 0 Å². The lowest BCUT2D eigenvalue weighted by molar-refractivity contribution is 0.627. The van der Waals surface area contributed by atoms with Gasteiger partial charge in [-0.1, -0.05) is 31.2 Å². The van der Waals surface area contributed by atoms with Crippen molar-refractivity contribution in [3.05, 3.63) is 65.5 Å². The third-order valence-electron chi connectivity index (χ3n) is 3.99. The van der Waals surface area contributed by atoms with Gasteiger partial charge in [-0.25, -0.2) is 9.38 Å². The number of nitrogens with zero attached hydrogens (tertiary/aromatic N) is 1. The number of benzene rings is 2. The highest BCUT2D eigenvalue weighted by atomic mass is 127. The average molecular weight is 425 g/mol. The fourth-order valence-corrected chi connectivity index (χ4v) is 2.58. The van der Waals surface area contributed by atoms with Gasteiger partial charge in [-0.3, -0.25) is 0 Å². The van der Waals surface area contributed by atoms with E-state index in [1.165, 1.54) is 17.7 Å². The summed E-state index contributed by atoms with van der Waals surface area (Å²) in [6.07, 6.45) is 1.98. The van der Waals surface area contributed by atoms with Crippen LogP contribution in [0.25, 0.3) is 0 Å². The minimum Gasteiger partial charge on any atom is -0.370 e. The van der Waals surface area contributed by atoms with Crippen molar-refractivity contribution in [1.29, 1.82) is 0 Å². The van der Waals surface area contributed by atoms with E-state index in [4.69, 9.17) is 5.73 Å². The van der Waals surface area contributed by atoms with E-state index in [0.717, 1.165) is 24.1 Å². The third-order valence-corrected chi connectivity index (χ3v) is 3.99. The highest BCUT2D eigenvalue weighted by Crippen LogP contribution is 2.43. The Balaban J connectivity index is 0.00000192. The molecule has 0 amide bonds. The molecule has 0 heterocycles. The Hall–Kier alpha value is -1.63. The van der Waals surface area contributed by atoms with Crippen LogP contribution < -0.4 is 11.1 Å². The zero-order chi connectivity index (χ0) is 15.5. The van der Waals surface area contributed by atoms with Gasteiger partial charge >= 0.3 is 0 Å². The minimum atomic E-state index is -0.207. The van der Waals surface area contributed by atoms with Gasteiger partial charge in [0.2, 0.25) is 0 Å². The van der Waals surface area contributed by atoms with E-state index in [1.807, 2.05) is 24.3 Å². The van der Waals surface area contributed by atoms with Crippen LogP contribution in [0.5, 0.6) is 0 Å². The zero-order valence-electron chi connectivity index (χ0n) is 13.0. The van der Waals surface area contributed by atoms with Crippen LogP contribution in [0.3, 0.4) is 0 Å². The smallest absolute Gasteiger partial charge is 0.193 e. The molecule has 3 nitrogen and oxygen atoms in total. The molecule has 1 saturated carbocycles. The average Bonchev–Trinajstić information content (AvgIpc) is 3.27. The standard InChI is InChI=1S/C18H20FN3.HI/c1-2-12-3-9-15(10-4-12)21-18(20)22-17-11-16(17)13-5-7-14(19)8-6-13;/h3-10,16-17H,2,11H2,1H3,(H3,20,21,22);1H/t16-,17+;/m0./s1. The molecule has 1 aliphatic carbocycles. The third kappa shape index (κ3) is 4.67. The predicted molar refractivity (Wildman–Crippen MR) is 104 cm³/mol. The number of hydrogen-bond donors (Lipinski definition) is 2. The van der Waals surface area contributed by atoms with Crippen molar-refractivity contribution in [2.75, 3.05) is 5.32 Å². The van der Waals surface area contributed by atoms with Crippen LogP contribution in [-0.4, -0.2) is 12.0 Å². The minimum absolute atomic E-state index is 0. The zero-order valence-corrected chi connectivity index (χ0v) is 15.3. The number of rotatable bonds is 4. The van der Waals surface area contributed by atoms with Crippen LogP contribution in [0.1, 0.15) is 30.4 Å². The first kappa shape index (κ1) is 17.7. The van der Waals surface area contributed by atoms with Crippen LogP contribution in [-0.2, 0) is 6.42 Å². The maximum absolute atomic E-state index is 12.9. The molecule has 0 unspecified atom stereocenters. The molecule has 0 spiro atoms. The molecule has 1 fully saturated rings. The van der Waals surface area contributed by atoms with Gasteiger partial charge in [-0.05, 0) is 48.2 Å². The van der Waals surface area contributed by atoms with Crippen molar-refractivity contribution < 1.29 is 4.39 Å². The molecule has 0 radical (unpaired) electrons. The van der Waals surface area contributed by atoms with Gasteiger partial charge in [0, 0.05) is 11.6 Å². The molecule has 3 N–H and O–H groups in total. The number of aliphatic imine (C=N–C) groups is 1. The van der Waals surface area contributed by atoms with Crippen molar-refractivity contribution in [1.82, 2.24) is 0 Å². The highest BCUT2D eigenvalue weighted by Gasteiger charge is 2.38. The maximum Gasteiger partial charge on any atom is 0.193 e. The molecule has 0 bridgehead atoms. The van der Waals surface area contributed by atoms with Gasteiger partial charge in [-0.2, -0.15) is 0 Å². The largest absolute Gasteiger partial charge is 0.370 e. The molecular formula is C18H21FIN3. The van der Waals surface area contributed by atoms with E-state index in [9.17, 15) is 4.39 Å². The Labute approximate surface area is 153 Å². The molecule has 3 rings (SSSR count). The van der Waals surface area contributed by atoms with E-state index in [2.05, 4.69) is 29.4 Å². The quantitative estimate of drug-likeness (QED) is 0.436. The van der Waals surface area contributed by atoms with Crippen molar-refractivity contribution in [3.8, 4) is 0 Å². The van der Waals surface area contributed by atoms with E-state index in [-0.39, 0.29) is 35.8 Å². The molecule has 5 heteroatoms. The van der Waals surface area contributed by atoms with Gasteiger partial charge in [0.15, 0.2) is 5.96 Å². The topological polar surface area (TPSA) is 50.4 Å². The molecule has 0 aromatic heterocycles. The Morgan fingerprint density at radius 3 is 2.43 bits per heavy atom. The summed E-state index contributed by atoms with van der Waals surface area (Å²) in [7, 11) is 0. The molecule has 2 atom stereocenters. The Bertz CT molecular complexity index is 668. The maximum atomic E-state index is 12.9. The van der Waals surface area contributed by atoms with Crippen LogP contribution in [0.4, 0.5) is 10.1 Å². The van der Waals surface area contributed by atoms with Crippen LogP contribution in [0.2, 0.25) is 0 Å². The van der Waals surface area contributed by atoms with Crippen molar-refractivity contribution in [2.24, 2.45) is 10.7 Å². The second-order valence-electron chi connectivity index (χ2n) is 5.65. The fourth-order valence-electron chi connectivity index (χ4n) is 2.58. The Morgan fingerprint density at radius 2 is 1.83 bits per heavy atom. The van der Waals surface area contributed by atoms with Gasteiger partial charge in [0.1, 0.15) is 5.82 Å². The summed E-state index contributed by atoms with van der Waals surface area (Å²) < 4.78 is 12.9. The van der Waals surface area contributed by atoms with Crippen molar-refractivity contribution in [2.45, 2.75) is 31.7 Å². The SMILES string of the molecule is CCc1ccc(NC(N)=N[C@@H]2C[C@H]2c2ccc(F)cc2)cc1.I. The number of anilines is 1. The van der Waals surface area contributed by atoms with E-state index < -0.39 is 0 Å². The van der Waals surface area contributed by atoms with Gasteiger partial charge in [-0.15, -0.1) is 24.0 Å². The predicted octanol–water partition coefficient (Wildman–Crippen LogP) is 4.29. The molecule has 2 aromatic carbocycles. The lowest BCUT2D eigenvalue weighted by Crippen LogP contribution is -2.23. The monoisotopic (exact) mass is 425 g/mol. The van der Waals surface area contributed by atoms with Crippen molar-refractivity contribution in [3.63, 3.8) is 0 Å². The van der Waals surface area contributed by atoms with Crippen LogP contribution in [0, 0.1) is 5.82 Å². The molecule has 122 valence electrons. The fraction of sp³-hybridized carbons (Fsp3) is 0.278. The molecule has 2 aromatic rings. The number of halogens is 2. The summed E-state index contributed by atoms with van der Waals surface area (Å²) >= 11 is 0. The summed E-state index contributed by atoms with van der Waals surface area (Å²) in [6.45, 7) is 2.13. The second kappa shape index (κ2) is 7.77. The summed E-state index contributed by atoms with van der Waals surface area (Å²) in [5.41, 5.74) is 9.31. The summed E-state index contributed by atoms with van der Waals surface area (Å²) in [6, 6.07) is 15.0. The normalized spacial score (nSPS) is 19.8. The van der Waals surface area contributed by atoms with E-state index >= 15 is 0 Å². The van der Waals surface area contributed by atoms with Crippen molar-refractivity contribution >= 4 is 35.6 Å². The van der Waals surface area contributed by atoms with E-state index in [0.29, 0.717) is 11.9 Å². The van der Waals surface area contributed by atoms with Gasteiger partial charge in [0.25, 0.3) is 0 Å². The molecule has 23 heavy (non-hydrogen) atoms. The number of nitrogens with two attached hydrogens (primary N) is 1. The first-order chi connectivity index (χ1) is 10.7. The second-order valence-corrected chi connectivity index (χ2v) is 5.65. The Kier molecular flexibility index (Phi) is 5.98. The van der Waals surface area contributed by atoms with Gasteiger partial charge < -0.3 is 11.1 Å². The van der Waals surface area contributed by atoms with Gasteiger partial charge in [0.05, 0.1) is 6.04 Å². The van der Waals surface area contributed by atoms with Crippen LogP contribution in [0.15, 0.2) is 53.5 Å². The Morgan fingerprint density at radius 1 is 1.17 bits per heavy atom. The molecular weight excluding hydrogens is 404 g/mol. The number of nitrogens with one attached hydrogen (secondary N) is 1. The summed E-state index contributed by atoms with van der Waals surface area (Å²) in [4.78, 5) is 4.50.